The second-order valence-corrected chi connectivity index (χ2v) is 8.80. The number of nitrogens with one attached hydrogen (secondary N) is 2. The van der Waals surface area contributed by atoms with Gasteiger partial charge in [-0.15, -0.1) is 0 Å². The molecule has 0 heterocycles. The van der Waals surface area contributed by atoms with Crippen molar-refractivity contribution in [3.63, 3.8) is 0 Å². The average Bonchev–Trinajstić information content (AvgIpc) is 2.66. The van der Waals surface area contributed by atoms with Crippen molar-refractivity contribution in [3.05, 3.63) is 35.9 Å². The molecule has 3 N–H and O–H groups in total. The molecule has 0 bridgehead atoms. The van der Waals surface area contributed by atoms with Crippen LogP contribution in [0.5, 0.6) is 0 Å². The van der Waals surface area contributed by atoms with Crippen LogP contribution in [0.2, 0.25) is 0 Å². The first-order chi connectivity index (χ1) is 14.4. The normalized spacial score (nSPS) is 14.8. The fourth-order valence-electron chi connectivity index (χ4n) is 3.03. The maximum Gasteiger partial charge on any atom is 0.326 e. The van der Waals surface area contributed by atoms with E-state index in [-0.39, 0.29) is 18.8 Å². The molecule has 31 heavy (non-hydrogen) atoms. The first-order valence-electron chi connectivity index (χ1n) is 9.97. The molecule has 0 fully saturated rings. The van der Waals surface area contributed by atoms with E-state index in [0.717, 1.165) is 12.5 Å². The van der Waals surface area contributed by atoms with Gasteiger partial charge in [0.15, 0.2) is 10.5 Å². The lowest BCUT2D eigenvalue weighted by atomic mass is 9.95. The summed E-state index contributed by atoms with van der Waals surface area (Å²) >= 11 is 4.14. The number of thiol groups is 1. The molecule has 0 aromatic heterocycles. The van der Waals surface area contributed by atoms with E-state index in [9.17, 15) is 29.1 Å². The van der Waals surface area contributed by atoms with Gasteiger partial charge in [-0.3, -0.25) is 19.2 Å². The number of aliphatic carboxylic acids is 1. The number of carboxylic acids is 1. The summed E-state index contributed by atoms with van der Waals surface area (Å²) in [5.41, 5.74) is 0.729. The number of rotatable bonds is 12. The van der Waals surface area contributed by atoms with Crippen LogP contribution in [-0.2, 0) is 30.4 Å². The molecule has 3 atom stereocenters. The third-order valence-electron chi connectivity index (χ3n) is 4.69. The molecule has 0 saturated carbocycles. The molecule has 1 unspecified atom stereocenters. The summed E-state index contributed by atoms with van der Waals surface area (Å²) in [4.78, 5) is 60.9. The van der Waals surface area contributed by atoms with Crippen LogP contribution in [0, 0.1) is 5.92 Å². The summed E-state index contributed by atoms with van der Waals surface area (Å²) in [6, 6.07) is 6.53. The SMILES string of the molecule is CC(=O)CC(S)(C(C)=O)C(=O)N[C@@H](CC(C)C)C(=O)N[C@@H](Cc1ccccc1)C(=O)O. The molecule has 0 saturated heterocycles. The molecule has 1 aromatic carbocycles. The molecule has 9 heteroatoms. The van der Waals surface area contributed by atoms with E-state index >= 15 is 0 Å². The molecule has 1 rings (SSSR count). The summed E-state index contributed by atoms with van der Waals surface area (Å²) in [7, 11) is 0. The minimum atomic E-state index is -1.91. The van der Waals surface area contributed by atoms with Gasteiger partial charge in [0.1, 0.15) is 17.9 Å². The Balaban J connectivity index is 3.04. The number of ketones is 2. The fourth-order valence-corrected chi connectivity index (χ4v) is 3.31. The summed E-state index contributed by atoms with van der Waals surface area (Å²) in [6.07, 6.45) is -0.144. The van der Waals surface area contributed by atoms with Gasteiger partial charge in [-0.2, -0.15) is 12.6 Å². The summed E-state index contributed by atoms with van der Waals surface area (Å²) in [5.74, 6) is -3.82. The van der Waals surface area contributed by atoms with Crippen molar-refractivity contribution >= 4 is 42.0 Å². The highest BCUT2D eigenvalue weighted by Gasteiger charge is 2.42. The number of carboxylic acid groups (broad SMARTS) is 1. The van der Waals surface area contributed by atoms with Crippen LogP contribution in [-0.4, -0.2) is 51.3 Å². The van der Waals surface area contributed by atoms with Crippen molar-refractivity contribution in [2.45, 2.75) is 63.8 Å². The lowest BCUT2D eigenvalue weighted by Gasteiger charge is -2.28. The highest BCUT2D eigenvalue weighted by atomic mass is 32.1. The second-order valence-electron chi connectivity index (χ2n) is 8.04. The van der Waals surface area contributed by atoms with E-state index in [4.69, 9.17) is 0 Å². The van der Waals surface area contributed by atoms with Crippen molar-refractivity contribution in [3.8, 4) is 0 Å². The molecule has 0 aliphatic rings. The largest absolute Gasteiger partial charge is 0.480 e. The Morgan fingerprint density at radius 2 is 1.58 bits per heavy atom. The van der Waals surface area contributed by atoms with Gasteiger partial charge in [0.05, 0.1) is 0 Å². The van der Waals surface area contributed by atoms with Crippen LogP contribution >= 0.6 is 12.6 Å². The van der Waals surface area contributed by atoms with Gasteiger partial charge in [-0.05, 0) is 31.7 Å². The Bertz CT molecular complexity index is 827. The van der Waals surface area contributed by atoms with E-state index in [1.54, 1.807) is 30.3 Å². The highest BCUT2D eigenvalue weighted by Crippen LogP contribution is 2.22. The topological polar surface area (TPSA) is 130 Å². The van der Waals surface area contributed by atoms with Gasteiger partial charge in [0, 0.05) is 12.8 Å². The van der Waals surface area contributed by atoms with Crippen LogP contribution < -0.4 is 10.6 Å². The number of Topliss-reactive ketones (excluding diaryl/α,β-unsaturated/α-hetero) is 2. The number of carbonyl (C=O) groups is 5. The first-order valence-corrected chi connectivity index (χ1v) is 10.4. The van der Waals surface area contributed by atoms with Gasteiger partial charge in [0.2, 0.25) is 11.8 Å². The first kappa shape index (κ1) is 26.4. The minimum absolute atomic E-state index is 0.0205. The molecule has 1 aromatic rings. The number of hydrogen-bond donors (Lipinski definition) is 4. The van der Waals surface area contributed by atoms with Crippen LogP contribution in [0.4, 0.5) is 0 Å². The average molecular weight is 451 g/mol. The standard InChI is InChI=1S/C22H30N2O6S/c1-13(2)10-17(24-21(30)22(31,15(4)26)12-14(3)25)19(27)23-18(20(28)29)11-16-8-6-5-7-9-16/h5-9,13,17-18,31H,10-12H2,1-4H3,(H,23,27)(H,24,30)(H,28,29)/t17-,18-,22?/m0/s1. The van der Waals surface area contributed by atoms with Crippen molar-refractivity contribution < 1.29 is 29.1 Å². The molecule has 0 aliphatic carbocycles. The molecule has 0 aliphatic heterocycles. The zero-order valence-electron chi connectivity index (χ0n) is 18.2. The molecule has 0 spiro atoms. The molecule has 170 valence electrons. The van der Waals surface area contributed by atoms with Crippen molar-refractivity contribution in [2.75, 3.05) is 0 Å². The van der Waals surface area contributed by atoms with Crippen LogP contribution in [0.3, 0.4) is 0 Å². The predicted molar refractivity (Wildman–Crippen MR) is 119 cm³/mol. The van der Waals surface area contributed by atoms with E-state index in [0.29, 0.717) is 0 Å². The summed E-state index contributed by atoms with van der Waals surface area (Å²) < 4.78 is -1.91. The number of benzene rings is 1. The summed E-state index contributed by atoms with van der Waals surface area (Å²) in [6.45, 7) is 6.05. The quantitative estimate of drug-likeness (QED) is 0.283. The third kappa shape index (κ3) is 8.16. The van der Waals surface area contributed by atoms with E-state index in [1.807, 2.05) is 13.8 Å². The predicted octanol–water partition coefficient (Wildman–Crippen LogP) is 1.57. The summed E-state index contributed by atoms with van der Waals surface area (Å²) in [5, 5.41) is 14.5. The van der Waals surface area contributed by atoms with E-state index in [1.165, 1.54) is 6.92 Å². The number of hydrogen-bond acceptors (Lipinski definition) is 6. The highest BCUT2D eigenvalue weighted by molar-refractivity contribution is 7.83. The Hall–Kier alpha value is -2.68. The van der Waals surface area contributed by atoms with E-state index < -0.39 is 52.6 Å². The molecule has 8 nitrogen and oxygen atoms in total. The van der Waals surface area contributed by atoms with Gasteiger partial charge in [-0.25, -0.2) is 4.79 Å². The van der Waals surface area contributed by atoms with E-state index in [2.05, 4.69) is 23.3 Å². The maximum atomic E-state index is 12.9. The van der Waals surface area contributed by atoms with Crippen LogP contribution in [0.25, 0.3) is 0 Å². The number of amides is 2. The zero-order valence-corrected chi connectivity index (χ0v) is 19.1. The lowest BCUT2D eigenvalue weighted by Crippen LogP contribution is -2.57. The van der Waals surface area contributed by atoms with Crippen molar-refractivity contribution in [1.82, 2.24) is 10.6 Å². The molecule has 0 radical (unpaired) electrons. The Morgan fingerprint density at radius 1 is 1.00 bits per heavy atom. The number of carbonyl (C=O) groups excluding carboxylic acids is 4. The van der Waals surface area contributed by atoms with Crippen LogP contribution in [0.15, 0.2) is 30.3 Å². The second kappa shape index (κ2) is 11.6. The molecular formula is C22H30N2O6S. The maximum absolute atomic E-state index is 12.9. The Kier molecular flexibility index (Phi) is 9.90. The zero-order chi connectivity index (χ0) is 23.8. The monoisotopic (exact) mass is 450 g/mol. The van der Waals surface area contributed by atoms with Crippen molar-refractivity contribution in [2.24, 2.45) is 5.92 Å². The molecule has 2 amide bonds. The minimum Gasteiger partial charge on any atom is -0.480 e. The van der Waals surface area contributed by atoms with Gasteiger partial charge in [0.25, 0.3) is 0 Å². The van der Waals surface area contributed by atoms with Crippen LogP contribution in [0.1, 0.15) is 46.1 Å². The van der Waals surface area contributed by atoms with Gasteiger partial charge < -0.3 is 15.7 Å². The smallest absolute Gasteiger partial charge is 0.326 e. The lowest BCUT2D eigenvalue weighted by molar-refractivity contribution is -0.142. The van der Waals surface area contributed by atoms with Gasteiger partial charge >= 0.3 is 5.97 Å². The molecular weight excluding hydrogens is 420 g/mol. The fraction of sp³-hybridized carbons (Fsp3) is 0.500. The van der Waals surface area contributed by atoms with Crippen molar-refractivity contribution in [1.29, 1.82) is 0 Å². The van der Waals surface area contributed by atoms with Gasteiger partial charge in [-0.1, -0.05) is 44.2 Å². The third-order valence-corrected chi connectivity index (χ3v) is 5.37. The Labute approximate surface area is 187 Å². The Morgan fingerprint density at radius 3 is 2.03 bits per heavy atom.